The molecule has 0 unspecified atom stereocenters. The van der Waals surface area contributed by atoms with Crippen LogP contribution in [0.1, 0.15) is 29.6 Å². The lowest BCUT2D eigenvalue weighted by Gasteiger charge is -2.05. The molecule has 0 aliphatic rings. The Labute approximate surface area is 86.3 Å². The highest BCUT2D eigenvalue weighted by atomic mass is 79.9. The van der Waals surface area contributed by atoms with Crippen molar-refractivity contribution >= 4 is 27.3 Å². The van der Waals surface area contributed by atoms with Crippen LogP contribution < -0.4 is 5.32 Å². The van der Waals surface area contributed by atoms with Crippen molar-refractivity contribution in [1.29, 1.82) is 0 Å². The zero-order valence-electron chi connectivity index (χ0n) is 7.65. The molecule has 0 aliphatic heterocycles. The highest BCUT2D eigenvalue weighted by Crippen LogP contribution is 2.31. The van der Waals surface area contributed by atoms with Crippen molar-refractivity contribution in [2.75, 3.05) is 7.05 Å². The van der Waals surface area contributed by atoms with Gasteiger partial charge in [0.05, 0.1) is 0 Å². The Morgan fingerprint density at radius 1 is 1.67 bits per heavy atom. The van der Waals surface area contributed by atoms with E-state index in [0.29, 0.717) is 6.04 Å². The number of thiophene rings is 1. The second-order valence-electron chi connectivity index (χ2n) is 2.78. The molecule has 1 aromatic heterocycles. The first kappa shape index (κ1) is 10.2. The van der Waals surface area contributed by atoms with Crippen LogP contribution in [0.4, 0.5) is 0 Å². The molecule has 0 fully saturated rings. The number of halogens is 1. The van der Waals surface area contributed by atoms with Gasteiger partial charge in [0, 0.05) is 20.3 Å². The number of nitrogens with one attached hydrogen (secondary N) is 1. The van der Waals surface area contributed by atoms with Crippen LogP contribution in [0.2, 0.25) is 0 Å². The average molecular weight is 248 g/mol. The summed E-state index contributed by atoms with van der Waals surface area (Å²) in [5.41, 5.74) is 0. The molecule has 68 valence electrons. The van der Waals surface area contributed by atoms with Crippen LogP contribution in [0.25, 0.3) is 0 Å². The summed E-state index contributed by atoms with van der Waals surface area (Å²) in [6.07, 6.45) is 1.11. The summed E-state index contributed by atoms with van der Waals surface area (Å²) >= 11 is 5.44. The van der Waals surface area contributed by atoms with Gasteiger partial charge in [-0.1, -0.05) is 6.92 Å². The maximum Gasteiger partial charge on any atom is 0.0384 e. The molecule has 0 aromatic carbocycles. The van der Waals surface area contributed by atoms with E-state index in [2.05, 4.69) is 41.2 Å². The average Bonchev–Trinajstić information content (AvgIpc) is 2.45. The minimum atomic E-state index is 0.464. The first-order valence-corrected chi connectivity index (χ1v) is 5.75. The summed E-state index contributed by atoms with van der Waals surface area (Å²) in [7, 11) is 1.99. The Balaban J connectivity index is 2.88. The van der Waals surface area contributed by atoms with Gasteiger partial charge in [-0.25, -0.2) is 0 Å². The molecule has 1 aromatic rings. The second-order valence-corrected chi connectivity index (χ2v) is 4.81. The maximum absolute atomic E-state index is 3.56. The van der Waals surface area contributed by atoms with E-state index >= 15 is 0 Å². The third kappa shape index (κ3) is 2.09. The summed E-state index contributed by atoms with van der Waals surface area (Å²) in [4.78, 5) is 2.84. The van der Waals surface area contributed by atoms with Crippen molar-refractivity contribution in [2.45, 2.75) is 26.3 Å². The molecule has 0 bridgehead atoms. The van der Waals surface area contributed by atoms with Crippen LogP contribution in [-0.2, 0) is 6.42 Å². The third-order valence-corrected chi connectivity index (χ3v) is 4.39. The zero-order chi connectivity index (χ0) is 9.14. The first-order chi connectivity index (χ1) is 5.69. The van der Waals surface area contributed by atoms with E-state index in [1.807, 2.05) is 18.4 Å². The van der Waals surface area contributed by atoms with Gasteiger partial charge >= 0.3 is 0 Å². The molecule has 1 N–H and O–H groups in total. The second kappa shape index (κ2) is 4.40. The van der Waals surface area contributed by atoms with Crippen LogP contribution in [0.15, 0.2) is 10.5 Å². The molecule has 1 rings (SSSR count). The molecule has 12 heavy (non-hydrogen) atoms. The number of hydrogen-bond acceptors (Lipinski definition) is 2. The molecule has 1 heterocycles. The standard InChI is InChI=1S/C9H14BrNS/c1-4-8-7(10)5-9(12-8)6(2)11-3/h5-6,11H,4H2,1-3H3/t6-/m1/s1. The van der Waals surface area contributed by atoms with Crippen LogP contribution in [0.5, 0.6) is 0 Å². The summed E-state index contributed by atoms with van der Waals surface area (Å²) < 4.78 is 1.26. The van der Waals surface area contributed by atoms with E-state index in [0.717, 1.165) is 6.42 Å². The van der Waals surface area contributed by atoms with Gasteiger partial charge in [0.15, 0.2) is 0 Å². The molecule has 0 saturated carbocycles. The Morgan fingerprint density at radius 3 is 2.75 bits per heavy atom. The Bertz CT molecular complexity index is 257. The molecule has 0 spiro atoms. The minimum Gasteiger partial charge on any atom is -0.313 e. The van der Waals surface area contributed by atoms with E-state index < -0.39 is 0 Å². The summed E-state index contributed by atoms with van der Waals surface area (Å²) in [5, 5.41) is 3.24. The fourth-order valence-corrected chi connectivity index (χ4v) is 3.00. The molecule has 0 saturated heterocycles. The van der Waals surface area contributed by atoms with Gasteiger partial charge in [0.2, 0.25) is 0 Å². The fourth-order valence-electron chi connectivity index (χ4n) is 1.02. The van der Waals surface area contributed by atoms with Gasteiger partial charge in [-0.15, -0.1) is 11.3 Å². The van der Waals surface area contributed by atoms with E-state index in [-0.39, 0.29) is 0 Å². The number of aryl methyl sites for hydroxylation is 1. The van der Waals surface area contributed by atoms with Crippen LogP contribution in [-0.4, -0.2) is 7.05 Å². The fraction of sp³-hybridized carbons (Fsp3) is 0.556. The Morgan fingerprint density at radius 2 is 2.33 bits per heavy atom. The van der Waals surface area contributed by atoms with Crippen molar-refractivity contribution < 1.29 is 0 Å². The van der Waals surface area contributed by atoms with Gasteiger partial charge in [-0.3, -0.25) is 0 Å². The first-order valence-electron chi connectivity index (χ1n) is 4.14. The molecule has 1 atom stereocenters. The van der Waals surface area contributed by atoms with Crippen molar-refractivity contribution in [3.8, 4) is 0 Å². The highest BCUT2D eigenvalue weighted by Gasteiger charge is 2.09. The van der Waals surface area contributed by atoms with Gasteiger partial charge in [-0.2, -0.15) is 0 Å². The van der Waals surface area contributed by atoms with Crippen LogP contribution in [0.3, 0.4) is 0 Å². The Kier molecular flexibility index (Phi) is 3.75. The van der Waals surface area contributed by atoms with Gasteiger partial charge in [0.25, 0.3) is 0 Å². The van der Waals surface area contributed by atoms with Crippen molar-refractivity contribution in [1.82, 2.24) is 5.32 Å². The van der Waals surface area contributed by atoms with Crippen molar-refractivity contribution in [3.63, 3.8) is 0 Å². The lowest BCUT2D eigenvalue weighted by molar-refractivity contribution is 0.664. The lowest BCUT2D eigenvalue weighted by Crippen LogP contribution is -2.10. The van der Waals surface area contributed by atoms with E-state index in [1.54, 1.807) is 0 Å². The van der Waals surface area contributed by atoms with Crippen LogP contribution >= 0.6 is 27.3 Å². The molecule has 1 nitrogen and oxygen atoms in total. The highest BCUT2D eigenvalue weighted by molar-refractivity contribution is 9.10. The topological polar surface area (TPSA) is 12.0 Å². The number of rotatable bonds is 3. The van der Waals surface area contributed by atoms with E-state index in [1.165, 1.54) is 14.2 Å². The summed E-state index contributed by atoms with van der Waals surface area (Å²) in [5.74, 6) is 0. The summed E-state index contributed by atoms with van der Waals surface area (Å²) in [6, 6.07) is 2.68. The minimum absolute atomic E-state index is 0.464. The van der Waals surface area contributed by atoms with Crippen molar-refractivity contribution in [2.24, 2.45) is 0 Å². The van der Waals surface area contributed by atoms with Gasteiger partial charge < -0.3 is 5.32 Å². The molecular weight excluding hydrogens is 234 g/mol. The molecule has 0 amide bonds. The predicted octanol–water partition coefficient (Wildman–Crippen LogP) is 3.35. The molecule has 0 radical (unpaired) electrons. The van der Waals surface area contributed by atoms with Crippen molar-refractivity contribution in [3.05, 3.63) is 20.3 Å². The third-order valence-electron chi connectivity index (χ3n) is 1.96. The lowest BCUT2D eigenvalue weighted by atomic mass is 10.3. The summed E-state index contributed by atoms with van der Waals surface area (Å²) in [6.45, 7) is 4.36. The smallest absolute Gasteiger partial charge is 0.0384 e. The monoisotopic (exact) mass is 247 g/mol. The Hall–Kier alpha value is 0.140. The SMILES string of the molecule is CCc1sc([C@@H](C)NC)cc1Br. The van der Waals surface area contributed by atoms with Gasteiger partial charge in [0.1, 0.15) is 0 Å². The van der Waals surface area contributed by atoms with E-state index in [4.69, 9.17) is 0 Å². The van der Waals surface area contributed by atoms with E-state index in [9.17, 15) is 0 Å². The maximum atomic E-state index is 3.56. The predicted molar refractivity (Wildman–Crippen MR) is 58.9 cm³/mol. The molecular formula is C9H14BrNS. The molecule has 0 aliphatic carbocycles. The van der Waals surface area contributed by atoms with Gasteiger partial charge in [-0.05, 0) is 42.4 Å². The quantitative estimate of drug-likeness (QED) is 0.864. The van der Waals surface area contributed by atoms with Crippen LogP contribution in [0, 0.1) is 0 Å². The normalized spacial score (nSPS) is 13.3. The number of hydrogen-bond donors (Lipinski definition) is 1. The largest absolute Gasteiger partial charge is 0.313 e. The zero-order valence-corrected chi connectivity index (χ0v) is 10.1. The molecule has 3 heteroatoms.